The van der Waals surface area contributed by atoms with Gasteiger partial charge in [-0.1, -0.05) is 127 Å². The average Bonchev–Trinajstić information content (AvgIpc) is 3.94. The minimum absolute atomic E-state index is 0.00844. The second kappa shape index (κ2) is 12.7. The molecule has 2 aliphatic heterocycles. The van der Waals surface area contributed by atoms with Gasteiger partial charge in [0.1, 0.15) is 16.8 Å². The maximum absolute atomic E-state index is 7.70. The van der Waals surface area contributed by atoms with Crippen molar-refractivity contribution in [2.24, 2.45) is 0 Å². The van der Waals surface area contributed by atoms with Crippen molar-refractivity contribution >= 4 is 89.7 Å². The van der Waals surface area contributed by atoms with Gasteiger partial charge in [-0.3, -0.25) is 0 Å². The molecule has 2 aliphatic carbocycles. The van der Waals surface area contributed by atoms with Crippen LogP contribution in [-0.2, 0) is 32.5 Å². The Balaban J connectivity index is 1.25. The summed E-state index contributed by atoms with van der Waals surface area (Å²) in [4.78, 5) is 2.60. The van der Waals surface area contributed by atoms with Gasteiger partial charge >= 0.3 is 6.85 Å². The van der Waals surface area contributed by atoms with E-state index in [9.17, 15) is 0 Å². The summed E-state index contributed by atoms with van der Waals surface area (Å²) < 4.78 is 17.7. The average molecular weight is 881 g/mol. The number of hydrogen-bond acceptors (Lipinski definition) is 3. The van der Waals surface area contributed by atoms with Gasteiger partial charge in [-0.25, -0.2) is 0 Å². The third kappa shape index (κ3) is 5.49. The van der Waals surface area contributed by atoms with E-state index in [-0.39, 0.29) is 39.3 Å². The monoisotopic (exact) mass is 881 g/mol. The van der Waals surface area contributed by atoms with E-state index in [0.29, 0.717) is 0 Å². The Morgan fingerprint density at radius 1 is 0.493 bits per heavy atom. The van der Waals surface area contributed by atoms with Crippen LogP contribution in [0.1, 0.15) is 156 Å². The first-order chi connectivity index (χ1) is 31.4. The molecule has 338 valence electrons. The van der Waals surface area contributed by atoms with Gasteiger partial charge < -0.3 is 18.2 Å². The van der Waals surface area contributed by atoms with E-state index in [4.69, 9.17) is 8.83 Å². The lowest BCUT2D eigenvalue weighted by molar-refractivity contribution is 0.332. The van der Waals surface area contributed by atoms with Crippen LogP contribution in [0.3, 0.4) is 0 Å². The second-order valence-corrected chi connectivity index (χ2v) is 25.9. The number of nitrogens with zero attached hydrogens (tertiary/aromatic N) is 2. The Bertz CT molecular complexity index is 3680. The van der Waals surface area contributed by atoms with Gasteiger partial charge in [0, 0.05) is 49.2 Å². The molecule has 4 nitrogen and oxygen atoms in total. The molecule has 0 amide bonds. The molecule has 0 fully saturated rings. The quantitative estimate of drug-likeness (QED) is 0.154. The van der Waals surface area contributed by atoms with E-state index in [1.54, 1.807) is 0 Å². The standard InChI is InChI=1S/C62H65BN2O2/c1-57(2,3)34-19-22-48-38(27-34)40-28-35(58(4,5)6)29-41-39-31-42-37-17-15-16-18-49(37)66-55(42)54-51(39)63(65(48)52(40)41)56-53(43-32-46-47(33-50(43)67-56)62(13,14)26-25-61(46,11)12)64(54)36-20-21-44-45(30-36)60(9,10)24-23-59(44,7)8/h15-22,27-33H,23-26H2,1-14H3. The molecule has 0 N–H and O–H groups in total. The van der Waals surface area contributed by atoms with Crippen molar-refractivity contribution in [1.29, 1.82) is 0 Å². The fraction of sp³-hybridized carbons (Fsp3) is 0.387. The molecule has 0 bridgehead atoms. The summed E-state index contributed by atoms with van der Waals surface area (Å²) in [5.74, 6) is 0. The summed E-state index contributed by atoms with van der Waals surface area (Å²) in [6, 6.07) is 35.8. The Morgan fingerprint density at radius 3 is 1.81 bits per heavy atom. The molecular formula is C62H65BN2O2. The van der Waals surface area contributed by atoms with Gasteiger partial charge in [0.05, 0.1) is 11.4 Å². The van der Waals surface area contributed by atoms with Gasteiger partial charge in [0.25, 0.3) is 0 Å². The van der Waals surface area contributed by atoms with Gasteiger partial charge in [-0.15, -0.1) is 0 Å². The lowest BCUT2D eigenvalue weighted by Gasteiger charge is -2.43. The zero-order valence-corrected chi connectivity index (χ0v) is 42.3. The first-order valence-electron chi connectivity index (χ1n) is 25.1. The van der Waals surface area contributed by atoms with Gasteiger partial charge in [0.2, 0.25) is 0 Å². The van der Waals surface area contributed by atoms with E-state index in [0.717, 1.165) is 69.5 Å². The summed E-state index contributed by atoms with van der Waals surface area (Å²) in [5.41, 5.74) is 22.0. The largest absolute Gasteiger partial charge is 0.466 e. The molecule has 0 saturated heterocycles. The highest BCUT2D eigenvalue weighted by molar-refractivity contribution is 6.90. The van der Waals surface area contributed by atoms with Crippen LogP contribution < -0.4 is 16.0 Å². The van der Waals surface area contributed by atoms with Crippen molar-refractivity contribution in [3.63, 3.8) is 0 Å². The Hall–Kier alpha value is -5.68. The number of para-hydroxylation sites is 1. The first kappa shape index (κ1) is 41.5. The van der Waals surface area contributed by atoms with Crippen molar-refractivity contribution in [2.75, 3.05) is 4.90 Å². The lowest BCUT2D eigenvalue weighted by atomic mass is 9.47. The van der Waals surface area contributed by atoms with E-state index >= 15 is 0 Å². The molecule has 5 heteroatoms. The highest BCUT2D eigenvalue weighted by Gasteiger charge is 2.50. The molecule has 0 spiro atoms. The normalized spacial score (nSPS) is 18.8. The second-order valence-electron chi connectivity index (χ2n) is 25.9. The molecular weight excluding hydrogens is 816 g/mol. The number of hydrogen-bond donors (Lipinski definition) is 0. The number of benzene rings is 6. The summed E-state index contributed by atoms with van der Waals surface area (Å²) in [6.45, 7) is 33.3. The predicted octanol–water partition coefficient (Wildman–Crippen LogP) is 16.2. The zero-order valence-electron chi connectivity index (χ0n) is 42.3. The predicted molar refractivity (Wildman–Crippen MR) is 285 cm³/mol. The van der Waals surface area contributed by atoms with Crippen molar-refractivity contribution in [2.45, 2.75) is 155 Å². The van der Waals surface area contributed by atoms with Crippen molar-refractivity contribution in [3.05, 3.63) is 124 Å². The summed E-state index contributed by atoms with van der Waals surface area (Å²) in [5, 5.41) is 6.08. The molecule has 0 radical (unpaired) electrons. The van der Waals surface area contributed by atoms with Gasteiger partial charge in [-0.2, -0.15) is 0 Å². The molecule has 4 aliphatic rings. The van der Waals surface area contributed by atoms with Crippen LogP contribution in [-0.4, -0.2) is 11.3 Å². The SMILES string of the molecule is CC(C)(C)c1ccc2c(c1)c1cc(C(C)(C)C)cc3c1n2B1c2oc4cc5c(cc4c2N(c2ccc4c(c2)C(C)(C)CCC4(C)C)c2c1c-3cc1c2oc2ccccc21)C(C)(C)CCC5(C)C. The maximum Gasteiger partial charge on any atom is 0.376 e. The molecule has 13 rings (SSSR count). The number of rotatable bonds is 1. The fourth-order valence-electron chi connectivity index (χ4n) is 13.2. The molecule has 67 heavy (non-hydrogen) atoms. The molecule has 0 saturated carbocycles. The number of furan rings is 2. The smallest absolute Gasteiger partial charge is 0.376 e. The van der Waals surface area contributed by atoms with Gasteiger partial charge in [-0.05, 0) is 163 Å². The van der Waals surface area contributed by atoms with Crippen LogP contribution in [0.15, 0.2) is 99.8 Å². The number of aromatic nitrogens is 1. The Labute approximate surface area is 396 Å². The zero-order chi connectivity index (χ0) is 46.9. The molecule has 0 unspecified atom stereocenters. The summed E-state index contributed by atoms with van der Waals surface area (Å²) in [7, 11) is 0. The van der Waals surface area contributed by atoms with Crippen LogP contribution in [0.4, 0.5) is 17.1 Å². The number of fused-ring (bicyclic) bond motifs is 15. The summed E-state index contributed by atoms with van der Waals surface area (Å²) >= 11 is 0. The van der Waals surface area contributed by atoms with Crippen molar-refractivity contribution in [1.82, 2.24) is 4.48 Å². The molecule has 0 atom stereocenters. The van der Waals surface area contributed by atoms with Crippen LogP contribution in [0, 0.1) is 0 Å². The molecule has 3 aromatic heterocycles. The van der Waals surface area contributed by atoms with Crippen molar-refractivity contribution < 1.29 is 8.83 Å². The fourth-order valence-corrected chi connectivity index (χ4v) is 13.2. The van der Waals surface area contributed by atoms with Crippen LogP contribution in [0.25, 0.3) is 65.8 Å². The minimum atomic E-state index is -0.249. The molecule has 6 aromatic carbocycles. The van der Waals surface area contributed by atoms with Crippen molar-refractivity contribution in [3.8, 4) is 11.1 Å². The summed E-state index contributed by atoms with van der Waals surface area (Å²) in [6.07, 6.45) is 4.60. The molecule has 5 heterocycles. The third-order valence-electron chi connectivity index (χ3n) is 17.6. The Kier molecular flexibility index (Phi) is 7.86. The maximum atomic E-state index is 7.70. The Morgan fingerprint density at radius 2 is 1.12 bits per heavy atom. The van der Waals surface area contributed by atoms with Crippen LogP contribution in [0.2, 0.25) is 0 Å². The van der Waals surface area contributed by atoms with Gasteiger partial charge in [0.15, 0.2) is 5.58 Å². The van der Waals surface area contributed by atoms with E-state index < -0.39 is 0 Å². The topological polar surface area (TPSA) is 34.5 Å². The van der Waals surface area contributed by atoms with Crippen LogP contribution in [0.5, 0.6) is 0 Å². The van der Waals surface area contributed by atoms with E-state index in [1.807, 2.05) is 0 Å². The number of anilines is 3. The highest BCUT2D eigenvalue weighted by atomic mass is 16.3. The first-order valence-corrected chi connectivity index (χ1v) is 25.1. The third-order valence-corrected chi connectivity index (χ3v) is 17.6. The van der Waals surface area contributed by atoms with Crippen LogP contribution >= 0.6 is 0 Å². The van der Waals surface area contributed by atoms with E-state index in [2.05, 4.69) is 197 Å². The van der Waals surface area contributed by atoms with E-state index in [1.165, 1.54) is 83.6 Å². The minimum Gasteiger partial charge on any atom is -0.466 e. The highest BCUT2D eigenvalue weighted by Crippen LogP contribution is 2.56. The lowest BCUT2D eigenvalue weighted by Crippen LogP contribution is -2.56. The molecule has 9 aromatic rings.